The molecule has 0 spiro atoms. The number of aryl methyl sites for hydroxylation is 2. The van der Waals surface area contributed by atoms with Crippen LogP contribution in [-0.2, 0) is 9.59 Å². The lowest BCUT2D eigenvalue weighted by molar-refractivity contribution is -0.127. The Morgan fingerprint density at radius 3 is 2.57 bits per heavy atom. The molecule has 3 amide bonds. The number of hydrogen-bond donors (Lipinski definition) is 1. The zero-order valence-electron chi connectivity index (χ0n) is 16.6. The highest BCUT2D eigenvalue weighted by Gasteiger charge is 2.36. The van der Waals surface area contributed by atoms with E-state index in [9.17, 15) is 14.4 Å². The molecule has 3 rings (SSSR count). The molecular weight excluding hydrogens is 400 g/mol. The Balaban J connectivity index is 1.65. The number of ether oxygens (including phenoxy) is 1. The van der Waals surface area contributed by atoms with E-state index in [-0.39, 0.29) is 18.1 Å². The summed E-state index contributed by atoms with van der Waals surface area (Å²) < 4.78 is 5.31. The van der Waals surface area contributed by atoms with Crippen molar-refractivity contribution in [2.45, 2.75) is 13.8 Å². The van der Waals surface area contributed by atoms with E-state index in [1.807, 2.05) is 26.0 Å². The summed E-state index contributed by atoms with van der Waals surface area (Å²) in [6.45, 7) is 3.75. The molecule has 1 saturated heterocycles. The zero-order valence-corrected chi connectivity index (χ0v) is 17.4. The lowest BCUT2D eigenvalue weighted by Gasteiger charge is -2.13. The number of nitrogens with one attached hydrogen (secondary N) is 1. The number of thioether (sulfide) groups is 1. The molecule has 30 heavy (non-hydrogen) atoms. The third-order valence-corrected chi connectivity index (χ3v) is 5.37. The summed E-state index contributed by atoms with van der Waals surface area (Å²) in [7, 11) is 0. The average Bonchev–Trinajstić information content (AvgIpc) is 2.97. The molecule has 0 saturated carbocycles. The fraction of sp³-hybridized carbons (Fsp3) is 0.174. The molecule has 0 unspecified atom stereocenters. The van der Waals surface area contributed by atoms with Crippen LogP contribution in [0.2, 0.25) is 0 Å². The summed E-state index contributed by atoms with van der Waals surface area (Å²) in [5.41, 5.74) is 3.50. The Morgan fingerprint density at radius 2 is 1.90 bits per heavy atom. The number of terminal acetylenes is 1. The van der Waals surface area contributed by atoms with E-state index in [4.69, 9.17) is 11.2 Å². The quantitative estimate of drug-likeness (QED) is 0.565. The van der Waals surface area contributed by atoms with Crippen molar-refractivity contribution < 1.29 is 19.1 Å². The Morgan fingerprint density at radius 1 is 1.17 bits per heavy atom. The van der Waals surface area contributed by atoms with Gasteiger partial charge in [-0.15, -0.1) is 6.42 Å². The first-order valence-electron chi connectivity index (χ1n) is 9.16. The number of imide groups is 1. The van der Waals surface area contributed by atoms with E-state index in [0.717, 1.165) is 33.4 Å². The van der Waals surface area contributed by atoms with Crippen LogP contribution in [0.5, 0.6) is 5.75 Å². The smallest absolute Gasteiger partial charge is 0.294 e. The van der Waals surface area contributed by atoms with Crippen LogP contribution in [0, 0.1) is 26.2 Å². The third-order valence-electron chi connectivity index (χ3n) is 4.47. The van der Waals surface area contributed by atoms with E-state index in [1.165, 1.54) is 0 Å². The summed E-state index contributed by atoms with van der Waals surface area (Å²) in [6, 6.07) is 12.5. The Bertz CT molecular complexity index is 1070. The van der Waals surface area contributed by atoms with Crippen LogP contribution in [-0.4, -0.2) is 35.1 Å². The second kappa shape index (κ2) is 9.33. The number of hydrogen-bond acceptors (Lipinski definition) is 5. The monoisotopic (exact) mass is 420 g/mol. The maximum atomic E-state index is 12.6. The minimum Gasteiger partial charge on any atom is -0.481 e. The zero-order chi connectivity index (χ0) is 21.7. The normalized spacial score (nSPS) is 14.7. The number of carbonyl (C=O) groups excluding carboxylic acids is 3. The number of amides is 3. The Kier molecular flexibility index (Phi) is 6.60. The van der Waals surface area contributed by atoms with Crippen molar-refractivity contribution in [2.24, 2.45) is 0 Å². The van der Waals surface area contributed by atoms with Gasteiger partial charge in [0.1, 0.15) is 18.9 Å². The highest BCUT2D eigenvalue weighted by molar-refractivity contribution is 8.18. The predicted molar refractivity (Wildman–Crippen MR) is 118 cm³/mol. The fourth-order valence-electron chi connectivity index (χ4n) is 2.74. The molecule has 1 fully saturated rings. The van der Waals surface area contributed by atoms with E-state index in [0.29, 0.717) is 11.4 Å². The summed E-state index contributed by atoms with van der Waals surface area (Å²) in [5, 5.41) is 2.25. The van der Waals surface area contributed by atoms with Crippen molar-refractivity contribution in [1.29, 1.82) is 0 Å². The van der Waals surface area contributed by atoms with Crippen molar-refractivity contribution in [3.63, 3.8) is 0 Å². The largest absolute Gasteiger partial charge is 0.481 e. The van der Waals surface area contributed by atoms with Crippen LogP contribution in [0.3, 0.4) is 0 Å². The molecule has 0 aliphatic carbocycles. The van der Waals surface area contributed by atoms with Gasteiger partial charge in [0, 0.05) is 5.69 Å². The minimum atomic E-state index is -0.493. The second-order valence-electron chi connectivity index (χ2n) is 6.68. The summed E-state index contributed by atoms with van der Waals surface area (Å²) >= 11 is 0.808. The molecule has 0 bridgehead atoms. The Labute approximate surface area is 179 Å². The van der Waals surface area contributed by atoms with Gasteiger partial charge in [0.25, 0.3) is 11.1 Å². The van der Waals surface area contributed by atoms with Crippen molar-refractivity contribution in [3.05, 3.63) is 64.1 Å². The molecule has 0 atom stereocenters. The van der Waals surface area contributed by atoms with Crippen molar-refractivity contribution >= 4 is 40.6 Å². The number of carbonyl (C=O) groups is 3. The molecule has 2 aromatic carbocycles. The minimum absolute atomic E-state index is 0.169. The second-order valence-corrected chi connectivity index (χ2v) is 7.67. The van der Waals surface area contributed by atoms with Crippen LogP contribution in [0.4, 0.5) is 10.5 Å². The molecule has 1 N–H and O–H groups in total. The van der Waals surface area contributed by atoms with Crippen molar-refractivity contribution in [3.8, 4) is 18.1 Å². The first kappa shape index (κ1) is 21.2. The van der Waals surface area contributed by atoms with Gasteiger partial charge in [-0.25, -0.2) is 0 Å². The molecule has 0 radical (unpaired) electrons. The third kappa shape index (κ3) is 5.10. The number of nitrogens with zero attached hydrogens (tertiary/aromatic N) is 1. The summed E-state index contributed by atoms with van der Waals surface area (Å²) in [4.78, 5) is 38.4. The van der Waals surface area contributed by atoms with Gasteiger partial charge in [-0.05, 0) is 72.6 Å². The van der Waals surface area contributed by atoms with E-state index in [1.54, 1.807) is 36.4 Å². The summed E-state index contributed by atoms with van der Waals surface area (Å²) in [5.74, 6) is 2.07. The van der Waals surface area contributed by atoms with Crippen LogP contribution >= 0.6 is 11.8 Å². The van der Waals surface area contributed by atoms with Crippen LogP contribution < -0.4 is 10.1 Å². The molecule has 7 heteroatoms. The van der Waals surface area contributed by atoms with Crippen LogP contribution in [0.15, 0.2) is 47.4 Å². The van der Waals surface area contributed by atoms with Gasteiger partial charge in [0.2, 0.25) is 5.91 Å². The highest BCUT2D eigenvalue weighted by atomic mass is 32.2. The average molecular weight is 420 g/mol. The Hall–Kier alpha value is -3.50. The molecule has 152 valence electrons. The fourth-order valence-corrected chi connectivity index (χ4v) is 3.57. The van der Waals surface area contributed by atoms with E-state index >= 15 is 0 Å². The highest BCUT2D eigenvalue weighted by Crippen LogP contribution is 2.32. The number of benzene rings is 2. The van der Waals surface area contributed by atoms with Gasteiger partial charge >= 0.3 is 0 Å². The van der Waals surface area contributed by atoms with E-state index in [2.05, 4.69) is 11.2 Å². The van der Waals surface area contributed by atoms with Crippen LogP contribution in [0.1, 0.15) is 16.7 Å². The first-order chi connectivity index (χ1) is 14.4. The van der Waals surface area contributed by atoms with Gasteiger partial charge in [0.05, 0.1) is 4.91 Å². The molecule has 1 aliphatic rings. The molecule has 6 nitrogen and oxygen atoms in total. The molecular formula is C23H20N2O4S. The van der Waals surface area contributed by atoms with Gasteiger partial charge in [-0.3, -0.25) is 19.3 Å². The van der Waals surface area contributed by atoms with Gasteiger partial charge in [-0.1, -0.05) is 24.1 Å². The van der Waals surface area contributed by atoms with Gasteiger partial charge in [-0.2, -0.15) is 0 Å². The SMILES string of the molecule is C#CCOc1ccc(/C=C2/SC(=O)N(CC(=O)Nc3ccc(C)c(C)c3)C2=O)cc1. The number of anilines is 1. The van der Waals surface area contributed by atoms with Crippen molar-refractivity contribution in [1.82, 2.24) is 4.90 Å². The van der Waals surface area contributed by atoms with Gasteiger partial charge in [0.15, 0.2) is 0 Å². The standard InChI is InChI=1S/C23H20N2O4S/c1-4-11-29-19-9-6-17(7-10-19)13-20-22(27)25(23(28)30-20)14-21(26)24-18-8-5-15(2)16(3)12-18/h1,5-10,12-13H,11,14H2,2-3H3,(H,24,26)/b20-13+. The topological polar surface area (TPSA) is 75.7 Å². The maximum Gasteiger partial charge on any atom is 0.294 e. The van der Waals surface area contributed by atoms with Crippen molar-refractivity contribution in [2.75, 3.05) is 18.5 Å². The lowest BCUT2D eigenvalue weighted by atomic mass is 10.1. The maximum absolute atomic E-state index is 12.6. The van der Waals surface area contributed by atoms with Crippen LogP contribution in [0.25, 0.3) is 6.08 Å². The molecule has 2 aromatic rings. The van der Waals surface area contributed by atoms with Gasteiger partial charge < -0.3 is 10.1 Å². The summed E-state index contributed by atoms with van der Waals surface area (Å²) in [6.07, 6.45) is 6.76. The molecule has 1 aliphatic heterocycles. The predicted octanol–water partition coefficient (Wildman–Crippen LogP) is 3.99. The lowest BCUT2D eigenvalue weighted by Crippen LogP contribution is -2.36. The van der Waals surface area contributed by atoms with E-state index < -0.39 is 17.1 Å². The molecule has 1 heterocycles. The molecule has 0 aromatic heterocycles. The first-order valence-corrected chi connectivity index (χ1v) is 9.98. The number of rotatable bonds is 6.